The van der Waals surface area contributed by atoms with Gasteiger partial charge in [0.2, 0.25) is 11.8 Å². The van der Waals surface area contributed by atoms with Gasteiger partial charge < -0.3 is 15.0 Å². The predicted molar refractivity (Wildman–Crippen MR) is 141 cm³/mol. The zero-order chi connectivity index (χ0) is 26.5. The third-order valence-corrected chi connectivity index (χ3v) is 7.00. The van der Waals surface area contributed by atoms with Crippen molar-refractivity contribution in [3.63, 3.8) is 0 Å². The number of fused-ring (bicyclic) bond motifs is 1. The molecular weight excluding hydrogens is 485 g/mol. The van der Waals surface area contributed by atoms with Crippen molar-refractivity contribution >= 4 is 22.8 Å². The van der Waals surface area contributed by atoms with Crippen LogP contribution in [0.15, 0.2) is 72.8 Å². The summed E-state index contributed by atoms with van der Waals surface area (Å²) in [5.74, 6) is -0.651. The average Bonchev–Trinajstić information content (AvgIpc) is 3.60. The van der Waals surface area contributed by atoms with Gasteiger partial charge in [-0.05, 0) is 48.7 Å². The minimum atomic E-state index is -1.17. The Labute approximate surface area is 220 Å². The number of para-hydroxylation sites is 1. The Morgan fingerprint density at radius 1 is 1.05 bits per heavy atom. The number of ether oxygens (including phenoxy) is 1. The minimum absolute atomic E-state index is 0.00831. The highest BCUT2D eigenvalue weighted by Gasteiger charge is 2.35. The van der Waals surface area contributed by atoms with E-state index in [1.165, 1.54) is 15.6 Å². The fourth-order valence-corrected chi connectivity index (χ4v) is 5.00. The molecule has 0 bridgehead atoms. The Kier molecular flexibility index (Phi) is 7.62. The van der Waals surface area contributed by atoms with Gasteiger partial charge in [-0.25, -0.2) is 9.07 Å². The highest BCUT2D eigenvalue weighted by Crippen LogP contribution is 2.28. The number of aromatic nitrogens is 3. The summed E-state index contributed by atoms with van der Waals surface area (Å²) in [5, 5.41) is 11.4. The highest BCUT2D eigenvalue weighted by atomic mass is 19.1. The lowest BCUT2D eigenvalue weighted by atomic mass is 10.0. The van der Waals surface area contributed by atoms with Gasteiger partial charge >= 0.3 is 0 Å². The van der Waals surface area contributed by atoms with Crippen LogP contribution >= 0.6 is 0 Å². The number of nitrogens with one attached hydrogen (secondary N) is 1. The van der Waals surface area contributed by atoms with Gasteiger partial charge in [0.25, 0.3) is 0 Å². The zero-order valence-electron chi connectivity index (χ0n) is 21.2. The van der Waals surface area contributed by atoms with Gasteiger partial charge in [0.15, 0.2) is 0 Å². The van der Waals surface area contributed by atoms with E-state index in [9.17, 15) is 9.59 Å². The third kappa shape index (κ3) is 5.51. The van der Waals surface area contributed by atoms with E-state index in [4.69, 9.17) is 4.74 Å². The van der Waals surface area contributed by atoms with Crippen LogP contribution in [0.5, 0.6) is 5.75 Å². The normalized spacial score (nSPS) is 14.4. The maximum atomic E-state index is 15.2. The summed E-state index contributed by atoms with van der Waals surface area (Å²) < 4.78 is 22.0. The van der Waals surface area contributed by atoms with Crippen molar-refractivity contribution < 1.29 is 18.7 Å². The van der Waals surface area contributed by atoms with Crippen LogP contribution in [0.3, 0.4) is 0 Å². The maximum absolute atomic E-state index is 15.2. The van der Waals surface area contributed by atoms with Crippen molar-refractivity contribution in [2.45, 2.75) is 50.9 Å². The Morgan fingerprint density at radius 3 is 2.50 bits per heavy atom. The summed E-state index contributed by atoms with van der Waals surface area (Å²) in [6, 6.07) is 19.5. The van der Waals surface area contributed by atoms with Gasteiger partial charge in [-0.3, -0.25) is 9.59 Å². The van der Waals surface area contributed by atoms with E-state index in [0.717, 1.165) is 31.2 Å². The van der Waals surface area contributed by atoms with Crippen molar-refractivity contribution in [1.82, 2.24) is 25.2 Å². The molecule has 196 valence electrons. The highest BCUT2D eigenvalue weighted by molar-refractivity contribution is 5.89. The van der Waals surface area contributed by atoms with Crippen LogP contribution in [0.25, 0.3) is 11.0 Å². The fraction of sp³-hybridized carbons (Fsp3) is 0.310. The van der Waals surface area contributed by atoms with E-state index < -0.39 is 17.8 Å². The largest absolute Gasteiger partial charge is 0.497 e. The van der Waals surface area contributed by atoms with Gasteiger partial charge in [-0.2, -0.15) is 0 Å². The summed E-state index contributed by atoms with van der Waals surface area (Å²) in [6.07, 6.45) is 3.80. The molecule has 1 aliphatic carbocycles. The van der Waals surface area contributed by atoms with Crippen molar-refractivity contribution in [3.05, 3.63) is 89.7 Å². The van der Waals surface area contributed by atoms with Crippen molar-refractivity contribution in [2.75, 3.05) is 7.11 Å². The smallest absolute Gasteiger partial charge is 0.247 e. The lowest BCUT2D eigenvalue weighted by Gasteiger charge is -2.32. The van der Waals surface area contributed by atoms with Crippen LogP contribution in [0.1, 0.15) is 42.9 Å². The number of carbonyl (C=O) groups is 2. The van der Waals surface area contributed by atoms with Gasteiger partial charge in [0.05, 0.1) is 12.6 Å². The summed E-state index contributed by atoms with van der Waals surface area (Å²) in [5.41, 5.74) is 2.28. The first-order chi connectivity index (χ1) is 18.5. The Morgan fingerprint density at radius 2 is 1.76 bits per heavy atom. The van der Waals surface area contributed by atoms with Crippen LogP contribution in [-0.4, -0.2) is 44.9 Å². The molecule has 1 aliphatic rings. The zero-order valence-corrected chi connectivity index (χ0v) is 21.2. The summed E-state index contributed by atoms with van der Waals surface area (Å²) in [4.78, 5) is 29.2. The summed E-state index contributed by atoms with van der Waals surface area (Å²) in [7, 11) is 1.58. The topological polar surface area (TPSA) is 89.3 Å². The average molecular weight is 516 g/mol. The van der Waals surface area contributed by atoms with Crippen LogP contribution in [0, 0.1) is 5.82 Å². The first-order valence-electron chi connectivity index (χ1n) is 12.8. The molecule has 4 aromatic rings. The van der Waals surface area contributed by atoms with Gasteiger partial charge in [-0.1, -0.05) is 60.5 Å². The number of nitrogens with zero attached hydrogens (tertiary/aromatic N) is 4. The Bertz CT molecular complexity index is 1420. The van der Waals surface area contributed by atoms with E-state index in [0.29, 0.717) is 16.8 Å². The lowest BCUT2D eigenvalue weighted by Crippen LogP contribution is -2.47. The lowest BCUT2D eigenvalue weighted by molar-refractivity contribution is -0.142. The fourth-order valence-electron chi connectivity index (χ4n) is 5.00. The van der Waals surface area contributed by atoms with Crippen molar-refractivity contribution in [3.8, 4) is 5.75 Å². The molecule has 1 aromatic heterocycles. The molecule has 1 N–H and O–H groups in total. The quantitative estimate of drug-likeness (QED) is 0.357. The standard InChI is InChI=1S/C29H30FN5O3/c1-38-22-16-14-20(15-17-22)18-34(27(36)19-35-26-13-7-6-12-25(26)32-33-35)28(23-10-4-5-11-24(23)30)29(37)31-21-8-2-3-9-21/h4-7,10-17,21,28H,2-3,8-9,18-19H2,1H3,(H,31,37)/t28-/m1/s1. The monoisotopic (exact) mass is 515 g/mol. The van der Waals surface area contributed by atoms with E-state index in [2.05, 4.69) is 15.6 Å². The summed E-state index contributed by atoms with van der Waals surface area (Å²) in [6.45, 7) is -0.0646. The molecular formula is C29H30FN5O3. The molecule has 2 amide bonds. The molecule has 8 nitrogen and oxygen atoms in total. The molecule has 1 atom stereocenters. The number of rotatable bonds is 9. The molecule has 0 saturated heterocycles. The first kappa shape index (κ1) is 25.4. The van der Waals surface area contributed by atoms with Gasteiger partial charge in [0, 0.05) is 18.2 Å². The molecule has 5 rings (SSSR count). The second-order valence-electron chi connectivity index (χ2n) is 9.52. The number of hydrogen-bond donors (Lipinski definition) is 1. The maximum Gasteiger partial charge on any atom is 0.247 e. The number of hydrogen-bond acceptors (Lipinski definition) is 5. The molecule has 0 radical (unpaired) electrons. The van der Waals surface area contributed by atoms with E-state index in [-0.39, 0.29) is 30.6 Å². The van der Waals surface area contributed by atoms with Crippen molar-refractivity contribution in [2.24, 2.45) is 0 Å². The number of halogens is 1. The van der Waals surface area contributed by atoms with Gasteiger partial charge in [0.1, 0.15) is 29.7 Å². The van der Waals surface area contributed by atoms with E-state index >= 15 is 4.39 Å². The number of benzene rings is 3. The molecule has 38 heavy (non-hydrogen) atoms. The molecule has 3 aromatic carbocycles. The SMILES string of the molecule is COc1ccc(CN(C(=O)Cn2nnc3ccccc32)[C@@H](C(=O)NC2CCCC2)c2ccccc2F)cc1. The van der Waals surface area contributed by atoms with Crippen LogP contribution in [0.2, 0.25) is 0 Å². The third-order valence-electron chi connectivity index (χ3n) is 7.00. The molecule has 9 heteroatoms. The molecule has 1 heterocycles. The van der Waals surface area contributed by atoms with Crippen molar-refractivity contribution in [1.29, 1.82) is 0 Å². The van der Waals surface area contributed by atoms with Crippen LogP contribution in [-0.2, 0) is 22.7 Å². The predicted octanol–water partition coefficient (Wildman–Crippen LogP) is 4.41. The molecule has 0 unspecified atom stereocenters. The molecule has 1 fully saturated rings. The molecule has 1 saturated carbocycles. The molecule has 0 aliphatic heterocycles. The minimum Gasteiger partial charge on any atom is -0.497 e. The number of carbonyl (C=O) groups excluding carboxylic acids is 2. The first-order valence-corrected chi connectivity index (χ1v) is 12.8. The Balaban J connectivity index is 1.53. The number of methoxy groups -OCH3 is 1. The van der Waals surface area contributed by atoms with Gasteiger partial charge in [-0.15, -0.1) is 5.10 Å². The molecule has 0 spiro atoms. The van der Waals surface area contributed by atoms with Crippen LogP contribution < -0.4 is 10.1 Å². The second kappa shape index (κ2) is 11.4. The van der Waals surface area contributed by atoms with Crippen LogP contribution in [0.4, 0.5) is 4.39 Å². The van der Waals surface area contributed by atoms with E-state index in [1.54, 1.807) is 37.4 Å². The van der Waals surface area contributed by atoms with E-state index in [1.807, 2.05) is 36.4 Å². The second-order valence-corrected chi connectivity index (χ2v) is 9.52. The number of amides is 2. The Hall–Kier alpha value is -4.27. The summed E-state index contributed by atoms with van der Waals surface area (Å²) >= 11 is 0.